The van der Waals surface area contributed by atoms with Crippen LogP contribution < -0.4 is 9.88 Å². The number of sulfonamides is 1. The van der Waals surface area contributed by atoms with E-state index in [4.69, 9.17) is 9.88 Å². The first-order valence-corrected chi connectivity index (χ1v) is 9.95. The number of aromatic nitrogens is 4. The molecular weight excluding hydrogens is 362 g/mol. The van der Waals surface area contributed by atoms with Crippen molar-refractivity contribution in [3.8, 4) is 5.75 Å². The third-order valence-electron chi connectivity index (χ3n) is 3.33. The molecule has 0 saturated carbocycles. The molecule has 10 heteroatoms. The van der Waals surface area contributed by atoms with Gasteiger partial charge < -0.3 is 4.74 Å². The smallest absolute Gasteiger partial charge is 0.253 e. The number of primary sulfonamides is 1. The van der Waals surface area contributed by atoms with Crippen LogP contribution in [0.3, 0.4) is 0 Å². The Labute approximate surface area is 149 Å². The topological polar surface area (TPSA) is 112 Å². The maximum Gasteiger partial charge on any atom is 0.253 e. The second-order valence-corrected chi connectivity index (χ2v) is 7.98. The maximum atomic E-state index is 11.2. The molecule has 3 aromatic rings. The van der Waals surface area contributed by atoms with Gasteiger partial charge in [0.1, 0.15) is 5.75 Å². The fourth-order valence-corrected chi connectivity index (χ4v) is 3.38. The van der Waals surface area contributed by atoms with Crippen LogP contribution in [-0.2, 0) is 10.0 Å². The lowest BCUT2D eigenvalue weighted by atomic mass is 10.3. The number of nitrogens with two attached hydrogens (primary N) is 1. The molecule has 0 radical (unpaired) electrons. The Morgan fingerprint density at radius 2 is 1.92 bits per heavy atom. The van der Waals surface area contributed by atoms with Gasteiger partial charge in [-0.15, -0.1) is 5.10 Å². The summed E-state index contributed by atoms with van der Waals surface area (Å²) in [5.41, 5.74) is 1.88. The van der Waals surface area contributed by atoms with Crippen LogP contribution in [0.25, 0.3) is 5.78 Å². The highest BCUT2D eigenvalue weighted by atomic mass is 32.2. The van der Waals surface area contributed by atoms with Crippen LogP contribution in [0.15, 0.2) is 40.4 Å². The van der Waals surface area contributed by atoms with Crippen molar-refractivity contribution in [1.82, 2.24) is 19.6 Å². The summed E-state index contributed by atoms with van der Waals surface area (Å²) in [6.45, 7) is 4.31. The number of benzene rings is 1. The van der Waals surface area contributed by atoms with Crippen molar-refractivity contribution < 1.29 is 13.2 Å². The third kappa shape index (κ3) is 4.27. The lowest BCUT2D eigenvalue weighted by Crippen LogP contribution is -2.11. The summed E-state index contributed by atoms with van der Waals surface area (Å²) < 4.78 is 29.7. The fraction of sp³-hybridized carbons (Fsp3) is 0.267. The molecule has 0 saturated heterocycles. The molecular formula is C15H17N5O3S2. The average molecular weight is 379 g/mol. The molecule has 2 N–H and O–H groups in total. The van der Waals surface area contributed by atoms with Crippen molar-refractivity contribution in [2.24, 2.45) is 5.14 Å². The SMILES string of the molecule is Cc1cc(C)n2nc(SCCOc3ccc(S(N)(=O)=O)cc3)nc2n1. The Bertz CT molecular complexity index is 1000. The van der Waals surface area contributed by atoms with E-state index in [-0.39, 0.29) is 4.90 Å². The molecule has 0 spiro atoms. The number of aryl methyl sites for hydroxylation is 2. The van der Waals surface area contributed by atoms with Crippen molar-refractivity contribution in [3.63, 3.8) is 0 Å². The zero-order valence-electron chi connectivity index (χ0n) is 13.7. The van der Waals surface area contributed by atoms with Crippen LogP contribution in [-0.4, -0.2) is 40.4 Å². The molecule has 0 aliphatic carbocycles. The molecule has 0 amide bonds. The average Bonchev–Trinajstić information content (AvgIpc) is 2.94. The largest absolute Gasteiger partial charge is 0.493 e. The predicted molar refractivity (Wildman–Crippen MR) is 94.3 cm³/mol. The second-order valence-electron chi connectivity index (χ2n) is 5.36. The number of ether oxygens (including phenoxy) is 1. The van der Waals surface area contributed by atoms with Gasteiger partial charge in [-0.2, -0.15) is 4.98 Å². The van der Waals surface area contributed by atoms with Crippen molar-refractivity contribution in [2.45, 2.75) is 23.9 Å². The molecule has 3 rings (SSSR count). The summed E-state index contributed by atoms with van der Waals surface area (Å²) in [6, 6.07) is 7.92. The molecule has 0 fully saturated rings. The van der Waals surface area contributed by atoms with E-state index in [1.54, 1.807) is 16.6 Å². The van der Waals surface area contributed by atoms with Crippen LogP contribution in [0.1, 0.15) is 11.4 Å². The van der Waals surface area contributed by atoms with Crippen LogP contribution >= 0.6 is 11.8 Å². The van der Waals surface area contributed by atoms with Gasteiger partial charge in [0.25, 0.3) is 5.78 Å². The lowest BCUT2D eigenvalue weighted by molar-refractivity contribution is 0.343. The van der Waals surface area contributed by atoms with Gasteiger partial charge in [0.05, 0.1) is 11.5 Å². The van der Waals surface area contributed by atoms with E-state index in [9.17, 15) is 8.42 Å². The minimum Gasteiger partial charge on any atom is -0.493 e. The van der Waals surface area contributed by atoms with Gasteiger partial charge in [0.15, 0.2) is 0 Å². The summed E-state index contributed by atoms with van der Waals surface area (Å²) in [4.78, 5) is 8.79. The standard InChI is InChI=1S/C15H17N5O3S2/c1-10-9-11(2)20-14(17-10)18-15(19-20)24-8-7-23-12-3-5-13(6-4-12)25(16,21)22/h3-6,9H,7-8H2,1-2H3,(H2,16,21,22). The molecule has 2 heterocycles. The molecule has 0 unspecified atom stereocenters. The first-order chi connectivity index (χ1) is 11.8. The summed E-state index contributed by atoms with van der Waals surface area (Å²) >= 11 is 1.46. The van der Waals surface area contributed by atoms with E-state index in [1.807, 2.05) is 19.9 Å². The van der Waals surface area contributed by atoms with Crippen molar-refractivity contribution in [1.29, 1.82) is 0 Å². The minimum atomic E-state index is -3.68. The number of thioether (sulfide) groups is 1. The maximum absolute atomic E-state index is 11.2. The van der Waals surface area contributed by atoms with Crippen LogP contribution in [0, 0.1) is 13.8 Å². The molecule has 8 nitrogen and oxygen atoms in total. The van der Waals surface area contributed by atoms with Gasteiger partial charge >= 0.3 is 0 Å². The van der Waals surface area contributed by atoms with Crippen molar-refractivity contribution in [3.05, 3.63) is 41.7 Å². The molecule has 132 valence electrons. The highest BCUT2D eigenvalue weighted by molar-refractivity contribution is 7.99. The highest BCUT2D eigenvalue weighted by Crippen LogP contribution is 2.17. The Morgan fingerprint density at radius 3 is 2.60 bits per heavy atom. The van der Waals surface area contributed by atoms with Gasteiger partial charge in [0, 0.05) is 17.1 Å². The quantitative estimate of drug-likeness (QED) is 0.511. The summed E-state index contributed by atoms with van der Waals surface area (Å²) in [6.07, 6.45) is 0. The van der Waals surface area contributed by atoms with E-state index in [2.05, 4.69) is 15.1 Å². The molecule has 1 aromatic carbocycles. The number of hydrogen-bond donors (Lipinski definition) is 1. The van der Waals surface area contributed by atoms with E-state index >= 15 is 0 Å². The number of rotatable bonds is 6. The first kappa shape index (κ1) is 17.6. The Morgan fingerprint density at radius 1 is 1.20 bits per heavy atom. The van der Waals surface area contributed by atoms with E-state index in [0.717, 1.165) is 11.4 Å². The molecule has 0 aliphatic heterocycles. The number of hydrogen-bond acceptors (Lipinski definition) is 7. The van der Waals surface area contributed by atoms with Gasteiger partial charge in [-0.1, -0.05) is 11.8 Å². The third-order valence-corrected chi connectivity index (χ3v) is 5.07. The molecule has 0 atom stereocenters. The summed E-state index contributed by atoms with van der Waals surface area (Å²) in [7, 11) is -3.68. The Kier molecular flexibility index (Phi) is 4.93. The Balaban J connectivity index is 1.56. The number of fused-ring (bicyclic) bond motifs is 1. The van der Waals surface area contributed by atoms with Gasteiger partial charge in [-0.05, 0) is 44.2 Å². The van der Waals surface area contributed by atoms with Crippen LogP contribution in [0.4, 0.5) is 0 Å². The van der Waals surface area contributed by atoms with Crippen LogP contribution in [0.2, 0.25) is 0 Å². The van der Waals surface area contributed by atoms with Crippen molar-refractivity contribution >= 4 is 27.6 Å². The van der Waals surface area contributed by atoms with Gasteiger partial charge in [-0.3, -0.25) is 0 Å². The van der Waals surface area contributed by atoms with E-state index in [0.29, 0.717) is 29.0 Å². The normalized spacial score (nSPS) is 11.8. The molecule has 25 heavy (non-hydrogen) atoms. The van der Waals surface area contributed by atoms with Crippen molar-refractivity contribution in [2.75, 3.05) is 12.4 Å². The highest BCUT2D eigenvalue weighted by Gasteiger charge is 2.09. The van der Waals surface area contributed by atoms with Crippen LogP contribution in [0.5, 0.6) is 5.75 Å². The summed E-state index contributed by atoms with van der Waals surface area (Å²) in [5.74, 6) is 1.80. The zero-order chi connectivity index (χ0) is 18.0. The fourth-order valence-electron chi connectivity index (χ4n) is 2.23. The Hall–Kier alpha value is -2.17. The van der Waals surface area contributed by atoms with E-state index in [1.165, 1.54) is 23.9 Å². The lowest BCUT2D eigenvalue weighted by Gasteiger charge is -2.05. The molecule has 0 bridgehead atoms. The first-order valence-electron chi connectivity index (χ1n) is 7.42. The zero-order valence-corrected chi connectivity index (χ0v) is 15.3. The number of nitrogens with zero attached hydrogens (tertiary/aromatic N) is 4. The summed E-state index contributed by atoms with van der Waals surface area (Å²) in [5, 5.41) is 10.1. The predicted octanol–water partition coefficient (Wildman–Crippen LogP) is 1.56. The molecule has 0 aliphatic rings. The van der Waals surface area contributed by atoms with E-state index < -0.39 is 10.0 Å². The molecule has 2 aromatic heterocycles. The van der Waals surface area contributed by atoms with Gasteiger partial charge in [-0.25, -0.2) is 23.1 Å². The second kappa shape index (κ2) is 6.98. The minimum absolute atomic E-state index is 0.0567. The monoisotopic (exact) mass is 379 g/mol. The van der Waals surface area contributed by atoms with Gasteiger partial charge in [0.2, 0.25) is 15.2 Å².